The predicted octanol–water partition coefficient (Wildman–Crippen LogP) is 2.88. The summed E-state index contributed by atoms with van der Waals surface area (Å²) in [6, 6.07) is 14.2. The monoisotopic (exact) mass is 372 g/mol. The van der Waals surface area contributed by atoms with Gasteiger partial charge in [-0.2, -0.15) is 11.8 Å². The van der Waals surface area contributed by atoms with E-state index >= 15 is 0 Å². The Kier molecular flexibility index (Phi) is 7.23. The Hall–Kier alpha value is -2.80. The molecule has 0 bridgehead atoms. The van der Waals surface area contributed by atoms with Crippen LogP contribution in [0.3, 0.4) is 0 Å². The highest BCUT2D eigenvalue weighted by atomic mass is 32.2. The van der Waals surface area contributed by atoms with E-state index in [1.807, 2.05) is 6.26 Å². The molecular formula is C19H20N2O4S. The number of aliphatic carboxylic acids is 1. The molecule has 2 aromatic rings. The van der Waals surface area contributed by atoms with Crippen LogP contribution in [0.25, 0.3) is 0 Å². The Morgan fingerprint density at radius 3 is 2.31 bits per heavy atom. The molecule has 1 atom stereocenters. The Morgan fingerprint density at radius 1 is 1.00 bits per heavy atom. The van der Waals surface area contributed by atoms with Crippen LogP contribution in [0.1, 0.15) is 27.1 Å². The van der Waals surface area contributed by atoms with Crippen molar-refractivity contribution in [3.05, 3.63) is 65.7 Å². The lowest BCUT2D eigenvalue weighted by Gasteiger charge is -2.16. The molecule has 7 heteroatoms. The van der Waals surface area contributed by atoms with Crippen molar-refractivity contribution >= 4 is 35.2 Å². The quantitative estimate of drug-likeness (QED) is 0.662. The van der Waals surface area contributed by atoms with Gasteiger partial charge < -0.3 is 15.7 Å². The van der Waals surface area contributed by atoms with E-state index < -0.39 is 17.9 Å². The summed E-state index contributed by atoms with van der Waals surface area (Å²) in [5, 5.41) is 14.5. The van der Waals surface area contributed by atoms with Crippen molar-refractivity contribution in [1.82, 2.24) is 5.32 Å². The number of hydrogen-bond donors (Lipinski definition) is 3. The standard InChI is InChI=1S/C19H20N2O4S/c1-26-12-11-16(19(24)25)21-18(23)14-9-5-6-10-15(14)20-17(22)13-7-3-2-4-8-13/h2-10,16H,11-12H2,1H3,(H,20,22)(H,21,23)(H,24,25). The van der Waals surface area contributed by atoms with Gasteiger partial charge in [0, 0.05) is 5.56 Å². The number of benzene rings is 2. The third-order valence-electron chi connectivity index (χ3n) is 3.67. The van der Waals surface area contributed by atoms with E-state index in [2.05, 4.69) is 10.6 Å². The van der Waals surface area contributed by atoms with Gasteiger partial charge in [0.05, 0.1) is 11.3 Å². The molecule has 2 aromatic carbocycles. The van der Waals surface area contributed by atoms with E-state index in [1.54, 1.807) is 54.6 Å². The summed E-state index contributed by atoms with van der Waals surface area (Å²) >= 11 is 1.51. The van der Waals surface area contributed by atoms with Gasteiger partial charge in [-0.15, -0.1) is 0 Å². The smallest absolute Gasteiger partial charge is 0.326 e. The van der Waals surface area contributed by atoms with Crippen molar-refractivity contribution in [3.63, 3.8) is 0 Å². The fourth-order valence-corrected chi connectivity index (χ4v) is 2.77. The number of carboxylic acids is 1. The Morgan fingerprint density at radius 2 is 1.65 bits per heavy atom. The second-order valence-corrected chi connectivity index (χ2v) is 6.50. The molecule has 0 aliphatic rings. The van der Waals surface area contributed by atoms with Crippen molar-refractivity contribution in [2.75, 3.05) is 17.3 Å². The van der Waals surface area contributed by atoms with Crippen molar-refractivity contribution in [3.8, 4) is 0 Å². The molecule has 2 amide bonds. The lowest BCUT2D eigenvalue weighted by atomic mass is 10.1. The average molecular weight is 372 g/mol. The van der Waals surface area contributed by atoms with Gasteiger partial charge in [-0.05, 0) is 42.7 Å². The summed E-state index contributed by atoms with van der Waals surface area (Å²) in [5.41, 5.74) is 1.01. The fraction of sp³-hybridized carbons (Fsp3) is 0.211. The highest BCUT2D eigenvalue weighted by Gasteiger charge is 2.22. The highest BCUT2D eigenvalue weighted by Crippen LogP contribution is 2.17. The van der Waals surface area contributed by atoms with Gasteiger partial charge in [0.25, 0.3) is 11.8 Å². The normalized spacial score (nSPS) is 11.4. The summed E-state index contributed by atoms with van der Waals surface area (Å²) in [7, 11) is 0. The summed E-state index contributed by atoms with van der Waals surface area (Å²) in [6.45, 7) is 0. The second kappa shape index (κ2) is 9.62. The minimum Gasteiger partial charge on any atom is -0.480 e. The number of rotatable bonds is 8. The molecule has 0 radical (unpaired) electrons. The molecule has 0 spiro atoms. The molecule has 0 saturated heterocycles. The van der Waals surface area contributed by atoms with Crippen molar-refractivity contribution in [2.24, 2.45) is 0 Å². The van der Waals surface area contributed by atoms with Crippen molar-refractivity contribution in [2.45, 2.75) is 12.5 Å². The number of amides is 2. The summed E-state index contributed by atoms with van der Waals surface area (Å²) in [6.07, 6.45) is 2.19. The van der Waals surface area contributed by atoms with Gasteiger partial charge >= 0.3 is 5.97 Å². The maximum Gasteiger partial charge on any atom is 0.326 e. The molecule has 0 fully saturated rings. The topological polar surface area (TPSA) is 95.5 Å². The number of carboxylic acid groups (broad SMARTS) is 1. The van der Waals surface area contributed by atoms with Crippen LogP contribution >= 0.6 is 11.8 Å². The minimum atomic E-state index is -1.08. The van der Waals surface area contributed by atoms with Crippen LogP contribution in [0, 0.1) is 0 Å². The predicted molar refractivity (Wildman–Crippen MR) is 103 cm³/mol. The first-order chi connectivity index (χ1) is 12.5. The molecule has 0 aliphatic heterocycles. The molecule has 0 heterocycles. The second-order valence-electron chi connectivity index (χ2n) is 5.51. The van der Waals surface area contributed by atoms with Gasteiger partial charge in [0.15, 0.2) is 0 Å². The Labute approximate surface area is 156 Å². The lowest BCUT2D eigenvalue weighted by molar-refractivity contribution is -0.139. The van der Waals surface area contributed by atoms with Crippen LogP contribution in [0.5, 0.6) is 0 Å². The number of hydrogen-bond acceptors (Lipinski definition) is 4. The fourth-order valence-electron chi connectivity index (χ4n) is 2.30. The lowest BCUT2D eigenvalue weighted by Crippen LogP contribution is -2.41. The van der Waals surface area contributed by atoms with E-state index in [0.717, 1.165) is 0 Å². The van der Waals surface area contributed by atoms with E-state index in [-0.39, 0.29) is 11.5 Å². The number of nitrogens with one attached hydrogen (secondary N) is 2. The van der Waals surface area contributed by atoms with Crippen molar-refractivity contribution in [1.29, 1.82) is 0 Å². The average Bonchev–Trinajstić information content (AvgIpc) is 2.65. The molecule has 6 nitrogen and oxygen atoms in total. The summed E-state index contributed by atoms with van der Waals surface area (Å²) in [5.74, 6) is -1.35. The number of carbonyl (C=O) groups excluding carboxylic acids is 2. The van der Waals surface area contributed by atoms with Crippen LogP contribution in [0.4, 0.5) is 5.69 Å². The summed E-state index contributed by atoms with van der Waals surface area (Å²) in [4.78, 5) is 36.2. The Bertz CT molecular complexity index is 780. The maximum absolute atomic E-state index is 12.5. The third-order valence-corrected chi connectivity index (χ3v) is 4.31. The van der Waals surface area contributed by atoms with Crippen LogP contribution < -0.4 is 10.6 Å². The van der Waals surface area contributed by atoms with Gasteiger partial charge in [-0.3, -0.25) is 9.59 Å². The van der Waals surface area contributed by atoms with Crippen molar-refractivity contribution < 1.29 is 19.5 Å². The van der Waals surface area contributed by atoms with Gasteiger partial charge in [0.2, 0.25) is 0 Å². The first kappa shape index (κ1) is 19.5. The molecular weight excluding hydrogens is 352 g/mol. The van der Waals surface area contributed by atoms with Crippen LogP contribution in [-0.2, 0) is 4.79 Å². The van der Waals surface area contributed by atoms with E-state index in [9.17, 15) is 19.5 Å². The SMILES string of the molecule is CSCCC(NC(=O)c1ccccc1NC(=O)c1ccccc1)C(=O)O. The molecule has 136 valence electrons. The largest absolute Gasteiger partial charge is 0.480 e. The van der Waals surface area contributed by atoms with E-state index in [0.29, 0.717) is 23.4 Å². The minimum absolute atomic E-state index is 0.215. The Balaban J connectivity index is 2.15. The van der Waals surface area contributed by atoms with Crippen LogP contribution in [0.15, 0.2) is 54.6 Å². The van der Waals surface area contributed by atoms with E-state index in [4.69, 9.17) is 0 Å². The van der Waals surface area contributed by atoms with Gasteiger partial charge in [-0.25, -0.2) is 4.79 Å². The number of carbonyl (C=O) groups is 3. The zero-order valence-electron chi connectivity index (χ0n) is 14.3. The third kappa shape index (κ3) is 5.35. The van der Waals surface area contributed by atoms with Crippen LogP contribution in [0.2, 0.25) is 0 Å². The van der Waals surface area contributed by atoms with Crippen LogP contribution in [-0.4, -0.2) is 40.9 Å². The molecule has 2 rings (SSSR count). The number of para-hydroxylation sites is 1. The number of thioether (sulfide) groups is 1. The maximum atomic E-state index is 12.5. The zero-order chi connectivity index (χ0) is 18.9. The molecule has 1 unspecified atom stereocenters. The van der Waals surface area contributed by atoms with Gasteiger partial charge in [-0.1, -0.05) is 30.3 Å². The first-order valence-corrected chi connectivity index (χ1v) is 9.40. The molecule has 0 saturated carbocycles. The van der Waals surface area contributed by atoms with E-state index in [1.165, 1.54) is 11.8 Å². The molecule has 3 N–H and O–H groups in total. The zero-order valence-corrected chi connectivity index (χ0v) is 15.1. The van der Waals surface area contributed by atoms with Gasteiger partial charge in [0.1, 0.15) is 6.04 Å². The number of anilines is 1. The molecule has 0 aliphatic carbocycles. The molecule has 0 aromatic heterocycles. The first-order valence-electron chi connectivity index (χ1n) is 8.01. The summed E-state index contributed by atoms with van der Waals surface area (Å²) < 4.78 is 0. The highest BCUT2D eigenvalue weighted by molar-refractivity contribution is 7.98. The molecule has 26 heavy (non-hydrogen) atoms.